The summed E-state index contributed by atoms with van der Waals surface area (Å²) in [5.74, 6) is -0.429. The molecule has 1 aromatic carbocycles. The third-order valence-corrected chi connectivity index (χ3v) is 4.16. The van der Waals surface area contributed by atoms with Gasteiger partial charge in [-0.1, -0.05) is 22.0 Å². The monoisotopic (exact) mass is 398 g/mol. The highest BCUT2D eigenvalue weighted by atomic mass is 79.9. The van der Waals surface area contributed by atoms with Crippen molar-refractivity contribution in [1.29, 1.82) is 0 Å². The number of hydrogen-bond acceptors (Lipinski definition) is 5. The van der Waals surface area contributed by atoms with E-state index < -0.39 is 5.97 Å². The van der Waals surface area contributed by atoms with E-state index in [-0.39, 0.29) is 18.1 Å². The standard InChI is InChI=1S/C15H15BrN2O4S/c16-10-3-1-4-11(7-10)22-6-2-5-13(19)17-8-14-18-12(9-23-14)15(20)21/h1,3-4,7,9H,2,5-6,8H2,(H,17,19)(H,20,21). The molecule has 1 aromatic heterocycles. The van der Waals surface area contributed by atoms with Crippen molar-refractivity contribution in [3.8, 4) is 5.75 Å². The first kappa shape index (κ1) is 17.4. The van der Waals surface area contributed by atoms with E-state index >= 15 is 0 Å². The Labute approximate surface area is 145 Å². The number of carboxylic acid groups (broad SMARTS) is 1. The molecule has 2 aromatic rings. The smallest absolute Gasteiger partial charge is 0.355 e. The van der Waals surface area contributed by atoms with Crippen molar-refractivity contribution >= 4 is 39.1 Å². The number of carboxylic acids is 1. The van der Waals surface area contributed by atoms with Crippen molar-refractivity contribution in [3.63, 3.8) is 0 Å². The van der Waals surface area contributed by atoms with Gasteiger partial charge in [0.2, 0.25) is 5.91 Å². The molecular weight excluding hydrogens is 384 g/mol. The number of halogens is 1. The molecule has 8 heteroatoms. The van der Waals surface area contributed by atoms with E-state index in [9.17, 15) is 9.59 Å². The van der Waals surface area contributed by atoms with Crippen molar-refractivity contribution in [2.24, 2.45) is 0 Å². The Morgan fingerprint density at radius 2 is 2.22 bits per heavy atom. The average molecular weight is 399 g/mol. The maximum absolute atomic E-state index is 11.7. The normalized spacial score (nSPS) is 10.3. The Morgan fingerprint density at radius 3 is 2.91 bits per heavy atom. The highest BCUT2D eigenvalue weighted by Gasteiger charge is 2.09. The predicted molar refractivity (Wildman–Crippen MR) is 89.8 cm³/mol. The molecule has 0 bridgehead atoms. The van der Waals surface area contributed by atoms with E-state index in [1.807, 2.05) is 24.3 Å². The number of benzene rings is 1. The highest BCUT2D eigenvalue weighted by Crippen LogP contribution is 2.17. The second-order valence-corrected chi connectivity index (χ2v) is 6.48. The van der Waals surface area contributed by atoms with Crippen LogP contribution in [0.15, 0.2) is 34.1 Å². The molecule has 0 unspecified atom stereocenters. The number of nitrogens with one attached hydrogen (secondary N) is 1. The third-order valence-electron chi connectivity index (χ3n) is 2.82. The largest absolute Gasteiger partial charge is 0.494 e. The van der Waals surface area contributed by atoms with E-state index in [0.29, 0.717) is 24.5 Å². The maximum Gasteiger partial charge on any atom is 0.355 e. The molecule has 1 heterocycles. The van der Waals surface area contributed by atoms with Gasteiger partial charge in [0.15, 0.2) is 5.69 Å². The van der Waals surface area contributed by atoms with Gasteiger partial charge in [-0.05, 0) is 24.6 Å². The van der Waals surface area contributed by atoms with Gasteiger partial charge >= 0.3 is 5.97 Å². The zero-order valence-electron chi connectivity index (χ0n) is 12.1. The zero-order chi connectivity index (χ0) is 16.7. The molecule has 2 N–H and O–H groups in total. The minimum absolute atomic E-state index is 0.00155. The van der Waals surface area contributed by atoms with Gasteiger partial charge in [-0.2, -0.15) is 0 Å². The predicted octanol–water partition coefficient (Wildman–Crippen LogP) is 3.08. The molecule has 6 nitrogen and oxygen atoms in total. The summed E-state index contributed by atoms with van der Waals surface area (Å²) in [6.07, 6.45) is 0.932. The van der Waals surface area contributed by atoms with Gasteiger partial charge in [0, 0.05) is 16.3 Å². The summed E-state index contributed by atoms with van der Waals surface area (Å²) in [6.45, 7) is 0.688. The zero-order valence-corrected chi connectivity index (χ0v) is 14.5. The number of rotatable bonds is 8. The summed E-state index contributed by atoms with van der Waals surface area (Å²) in [5.41, 5.74) is 0.00155. The number of ether oxygens (including phenoxy) is 1. The minimum Gasteiger partial charge on any atom is -0.494 e. The number of aromatic nitrogens is 1. The highest BCUT2D eigenvalue weighted by molar-refractivity contribution is 9.10. The topological polar surface area (TPSA) is 88.5 Å². The number of carbonyl (C=O) groups is 2. The fourth-order valence-corrected chi connectivity index (χ4v) is 2.82. The molecule has 122 valence electrons. The molecule has 0 spiro atoms. The first-order valence-electron chi connectivity index (χ1n) is 6.87. The molecule has 0 aliphatic rings. The molecule has 1 amide bonds. The number of nitrogens with zero attached hydrogens (tertiary/aromatic N) is 1. The number of hydrogen-bond donors (Lipinski definition) is 2. The van der Waals surface area contributed by atoms with Crippen molar-refractivity contribution < 1.29 is 19.4 Å². The van der Waals surface area contributed by atoms with Crippen LogP contribution in [-0.2, 0) is 11.3 Å². The first-order chi connectivity index (χ1) is 11.0. The second-order valence-electron chi connectivity index (χ2n) is 4.62. The van der Waals surface area contributed by atoms with E-state index in [0.717, 1.165) is 10.2 Å². The molecule has 23 heavy (non-hydrogen) atoms. The van der Waals surface area contributed by atoms with Crippen molar-refractivity contribution in [1.82, 2.24) is 10.3 Å². The van der Waals surface area contributed by atoms with E-state index in [2.05, 4.69) is 26.2 Å². The lowest BCUT2D eigenvalue weighted by Gasteiger charge is -2.06. The van der Waals surface area contributed by atoms with Crippen LogP contribution in [0.5, 0.6) is 5.75 Å². The van der Waals surface area contributed by atoms with Crippen LogP contribution in [0, 0.1) is 0 Å². The average Bonchev–Trinajstić information content (AvgIpc) is 2.99. The molecular formula is C15H15BrN2O4S. The number of carbonyl (C=O) groups excluding carboxylic acids is 1. The molecule has 0 atom stereocenters. The van der Waals surface area contributed by atoms with Crippen LogP contribution in [0.25, 0.3) is 0 Å². The fourth-order valence-electron chi connectivity index (χ4n) is 1.73. The molecule has 0 aliphatic heterocycles. The van der Waals surface area contributed by atoms with Crippen LogP contribution in [-0.4, -0.2) is 28.6 Å². The van der Waals surface area contributed by atoms with Crippen molar-refractivity contribution in [3.05, 3.63) is 44.8 Å². The SMILES string of the molecule is O=C(CCCOc1cccc(Br)c1)NCc1nc(C(=O)O)cs1. The number of amides is 1. The molecule has 0 aliphatic carbocycles. The van der Waals surface area contributed by atoms with E-state index in [4.69, 9.17) is 9.84 Å². The van der Waals surface area contributed by atoms with Gasteiger partial charge in [0.1, 0.15) is 10.8 Å². The van der Waals surface area contributed by atoms with Crippen LogP contribution in [0.2, 0.25) is 0 Å². The van der Waals surface area contributed by atoms with Crippen LogP contribution in [0.4, 0.5) is 0 Å². The lowest BCUT2D eigenvalue weighted by molar-refractivity contribution is -0.121. The lowest BCUT2D eigenvalue weighted by Crippen LogP contribution is -2.23. The molecule has 0 radical (unpaired) electrons. The van der Waals surface area contributed by atoms with Gasteiger partial charge in [0.05, 0.1) is 13.2 Å². The van der Waals surface area contributed by atoms with Crippen molar-refractivity contribution in [2.45, 2.75) is 19.4 Å². The number of aromatic carboxylic acids is 1. The van der Waals surface area contributed by atoms with Gasteiger partial charge in [-0.3, -0.25) is 4.79 Å². The summed E-state index contributed by atoms with van der Waals surface area (Å²) in [5, 5.41) is 13.5. The van der Waals surface area contributed by atoms with Gasteiger partial charge in [-0.15, -0.1) is 11.3 Å². The fraction of sp³-hybridized carbons (Fsp3) is 0.267. The Bertz CT molecular complexity index is 690. The summed E-state index contributed by atoms with van der Waals surface area (Å²) < 4.78 is 6.49. The van der Waals surface area contributed by atoms with E-state index in [1.54, 1.807) is 0 Å². The maximum atomic E-state index is 11.7. The quantitative estimate of drug-likeness (QED) is 0.666. The van der Waals surface area contributed by atoms with Crippen LogP contribution < -0.4 is 10.1 Å². The second kappa shape index (κ2) is 8.64. The Kier molecular flexibility index (Phi) is 6.54. The summed E-state index contributed by atoms with van der Waals surface area (Å²) in [6, 6.07) is 7.51. The molecule has 0 saturated heterocycles. The number of thiazole rings is 1. The minimum atomic E-state index is -1.07. The Morgan fingerprint density at radius 1 is 1.39 bits per heavy atom. The lowest BCUT2D eigenvalue weighted by atomic mass is 10.3. The third kappa shape index (κ3) is 5.99. The molecule has 0 saturated carbocycles. The summed E-state index contributed by atoms with van der Waals surface area (Å²) in [4.78, 5) is 26.3. The molecule has 0 fully saturated rings. The summed E-state index contributed by atoms with van der Waals surface area (Å²) in [7, 11) is 0. The Hall–Kier alpha value is -1.93. The molecule has 2 rings (SSSR count). The van der Waals surface area contributed by atoms with Gasteiger partial charge < -0.3 is 15.2 Å². The first-order valence-corrected chi connectivity index (χ1v) is 8.54. The van der Waals surface area contributed by atoms with Crippen LogP contribution in [0.1, 0.15) is 28.3 Å². The van der Waals surface area contributed by atoms with Gasteiger partial charge in [0.25, 0.3) is 0 Å². The van der Waals surface area contributed by atoms with Gasteiger partial charge in [-0.25, -0.2) is 9.78 Å². The Balaban J connectivity index is 1.64. The van der Waals surface area contributed by atoms with E-state index in [1.165, 1.54) is 16.7 Å². The van der Waals surface area contributed by atoms with Crippen LogP contribution >= 0.6 is 27.3 Å². The summed E-state index contributed by atoms with van der Waals surface area (Å²) >= 11 is 4.57. The van der Waals surface area contributed by atoms with Crippen molar-refractivity contribution in [2.75, 3.05) is 6.61 Å². The van der Waals surface area contributed by atoms with Crippen LogP contribution in [0.3, 0.4) is 0 Å².